The number of halogens is 1. The van der Waals surface area contributed by atoms with Crippen molar-refractivity contribution in [2.45, 2.75) is 12.2 Å². The molecule has 3 aromatic rings. The van der Waals surface area contributed by atoms with Crippen molar-refractivity contribution >= 4 is 11.8 Å². The largest absolute Gasteiger partial charge is 0.492 e. The molecule has 4 rings (SSSR count). The molecule has 3 nitrogen and oxygen atoms in total. The van der Waals surface area contributed by atoms with Crippen molar-refractivity contribution < 1.29 is 13.9 Å². The maximum atomic E-state index is 13.2. The zero-order chi connectivity index (χ0) is 22.0. The molecule has 0 aromatic heterocycles. The van der Waals surface area contributed by atoms with Crippen molar-refractivity contribution in [2.24, 2.45) is 0 Å². The quantitative estimate of drug-likeness (QED) is 0.370. The van der Waals surface area contributed by atoms with Gasteiger partial charge in [-0.1, -0.05) is 48.5 Å². The first-order valence-electron chi connectivity index (χ1n) is 11.2. The first-order valence-corrected chi connectivity index (χ1v) is 12.4. The fourth-order valence-electron chi connectivity index (χ4n) is 3.73. The average Bonchev–Trinajstić information content (AvgIpc) is 2.84. The Hall–Kier alpha value is -2.34. The number of hydrogen-bond donors (Lipinski definition) is 0. The van der Waals surface area contributed by atoms with Crippen LogP contribution in [-0.4, -0.2) is 50.1 Å². The van der Waals surface area contributed by atoms with E-state index in [1.54, 1.807) is 12.1 Å². The zero-order valence-corrected chi connectivity index (χ0v) is 19.2. The molecule has 32 heavy (non-hydrogen) atoms. The number of nitrogens with zero attached hydrogens (tertiary/aromatic N) is 1. The van der Waals surface area contributed by atoms with E-state index in [0.717, 1.165) is 62.1 Å². The third-order valence-electron chi connectivity index (χ3n) is 5.61. The van der Waals surface area contributed by atoms with Crippen LogP contribution in [0.1, 0.15) is 11.1 Å². The molecule has 1 aliphatic heterocycles. The molecule has 1 saturated heterocycles. The lowest BCUT2D eigenvalue weighted by Crippen LogP contribution is -2.38. The van der Waals surface area contributed by atoms with Gasteiger partial charge in [-0.2, -0.15) is 11.8 Å². The van der Waals surface area contributed by atoms with Gasteiger partial charge in [0.25, 0.3) is 0 Å². The zero-order valence-electron chi connectivity index (χ0n) is 18.3. The maximum Gasteiger partial charge on any atom is 0.123 e. The molecule has 1 aliphatic rings. The standard InChI is InChI=1S/C27H30FNO2S/c28-26-3-1-2-22(20-26)12-19-32-21-23-4-6-24(7-5-23)25-8-10-27(11-9-25)31-18-15-29-13-16-30-17-14-29/h1-11,20H,12-19,21H2. The van der Waals surface area contributed by atoms with Crippen molar-refractivity contribution in [1.29, 1.82) is 0 Å². The summed E-state index contributed by atoms with van der Waals surface area (Å²) < 4.78 is 24.5. The van der Waals surface area contributed by atoms with Crippen molar-refractivity contribution in [3.05, 3.63) is 89.7 Å². The molecule has 0 N–H and O–H groups in total. The minimum Gasteiger partial charge on any atom is -0.492 e. The Morgan fingerprint density at radius 2 is 1.59 bits per heavy atom. The third kappa shape index (κ3) is 7.09. The van der Waals surface area contributed by atoms with Gasteiger partial charge in [0.15, 0.2) is 0 Å². The molecule has 0 amide bonds. The smallest absolute Gasteiger partial charge is 0.123 e. The molecule has 0 bridgehead atoms. The topological polar surface area (TPSA) is 21.7 Å². The van der Waals surface area contributed by atoms with Gasteiger partial charge in [0.05, 0.1) is 13.2 Å². The highest BCUT2D eigenvalue weighted by Gasteiger charge is 2.09. The van der Waals surface area contributed by atoms with Crippen LogP contribution >= 0.6 is 11.8 Å². The van der Waals surface area contributed by atoms with Gasteiger partial charge in [-0.25, -0.2) is 4.39 Å². The van der Waals surface area contributed by atoms with Gasteiger partial charge in [0, 0.05) is 25.4 Å². The summed E-state index contributed by atoms with van der Waals surface area (Å²) in [7, 11) is 0. The summed E-state index contributed by atoms with van der Waals surface area (Å²) in [5, 5.41) is 0. The molecule has 0 saturated carbocycles. The molecule has 0 atom stereocenters. The average molecular weight is 452 g/mol. The Bertz CT molecular complexity index is 956. The van der Waals surface area contributed by atoms with Gasteiger partial charge in [-0.15, -0.1) is 0 Å². The van der Waals surface area contributed by atoms with E-state index in [-0.39, 0.29) is 5.82 Å². The van der Waals surface area contributed by atoms with E-state index >= 15 is 0 Å². The normalized spacial score (nSPS) is 14.4. The lowest BCUT2D eigenvalue weighted by molar-refractivity contribution is 0.0322. The van der Waals surface area contributed by atoms with Crippen LogP contribution in [0.5, 0.6) is 5.75 Å². The summed E-state index contributed by atoms with van der Waals surface area (Å²) in [4.78, 5) is 2.37. The van der Waals surface area contributed by atoms with Crippen LogP contribution in [0.3, 0.4) is 0 Å². The van der Waals surface area contributed by atoms with E-state index in [0.29, 0.717) is 6.61 Å². The van der Waals surface area contributed by atoms with Gasteiger partial charge in [-0.05, 0) is 58.7 Å². The van der Waals surface area contributed by atoms with E-state index in [4.69, 9.17) is 9.47 Å². The van der Waals surface area contributed by atoms with Gasteiger partial charge in [0.2, 0.25) is 0 Å². The van der Waals surface area contributed by atoms with Gasteiger partial charge < -0.3 is 9.47 Å². The highest BCUT2D eigenvalue weighted by Crippen LogP contribution is 2.24. The monoisotopic (exact) mass is 451 g/mol. The van der Waals surface area contributed by atoms with Gasteiger partial charge in [0.1, 0.15) is 18.2 Å². The van der Waals surface area contributed by atoms with Crippen LogP contribution in [0, 0.1) is 5.82 Å². The summed E-state index contributed by atoms with van der Waals surface area (Å²) in [5.41, 5.74) is 4.76. The minimum absolute atomic E-state index is 0.157. The lowest BCUT2D eigenvalue weighted by atomic mass is 10.0. The molecular weight excluding hydrogens is 421 g/mol. The second-order valence-electron chi connectivity index (χ2n) is 7.96. The van der Waals surface area contributed by atoms with Crippen molar-refractivity contribution in [3.8, 4) is 16.9 Å². The van der Waals surface area contributed by atoms with E-state index in [1.165, 1.54) is 22.8 Å². The second-order valence-corrected chi connectivity index (χ2v) is 9.06. The lowest BCUT2D eigenvalue weighted by Gasteiger charge is -2.26. The van der Waals surface area contributed by atoms with Crippen molar-refractivity contribution in [3.63, 3.8) is 0 Å². The summed E-state index contributed by atoms with van der Waals surface area (Å²) in [5.74, 6) is 2.70. The molecule has 168 valence electrons. The van der Waals surface area contributed by atoms with Crippen molar-refractivity contribution in [1.82, 2.24) is 4.90 Å². The fourth-order valence-corrected chi connectivity index (χ4v) is 4.68. The van der Waals surface area contributed by atoms with E-state index in [9.17, 15) is 4.39 Å². The van der Waals surface area contributed by atoms with E-state index in [1.807, 2.05) is 30.0 Å². The summed E-state index contributed by atoms with van der Waals surface area (Å²) >= 11 is 1.88. The number of morpholine rings is 1. The van der Waals surface area contributed by atoms with Crippen LogP contribution in [0.2, 0.25) is 0 Å². The van der Waals surface area contributed by atoms with Crippen LogP contribution in [-0.2, 0) is 16.9 Å². The molecule has 3 aromatic carbocycles. The minimum atomic E-state index is -0.157. The van der Waals surface area contributed by atoms with Crippen LogP contribution in [0.15, 0.2) is 72.8 Å². The number of thioether (sulfide) groups is 1. The summed E-state index contributed by atoms with van der Waals surface area (Å²) in [6, 6.07) is 23.9. The Balaban J connectivity index is 1.20. The molecule has 0 aliphatic carbocycles. The number of benzene rings is 3. The predicted octanol–water partition coefficient (Wildman–Crippen LogP) is 5.68. The number of rotatable bonds is 10. The Morgan fingerprint density at radius 1 is 0.875 bits per heavy atom. The SMILES string of the molecule is Fc1cccc(CCSCc2ccc(-c3ccc(OCCN4CCOCC4)cc3)cc2)c1. The molecule has 5 heteroatoms. The highest BCUT2D eigenvalue weighted by molar-refractivity contribution is 7.98. The van der Waals surface area contributed by atoms with Crippen LogP contribution in [0.4, 0.5) is 4.39 Å². The van der Waals surface area contributed by atoms with Crippen LogP contribution in [0.25, 0.3) is 11.1 Å². The van der Waals surface area contributed by atoms with E-state index < -0.39 is 0 Å². The number of ether oxygens (including phenoxy) is 2. The Morgan fingerprint density at radius 3 is 2.31 bits per heavy atom. The Labute approximate surface area is 194 Å². The second kappa shape index (κ2) is 12.0. The van der Waals surface area contributed by atoms with Gasteiger partial charge >= 0.3 is 0 Å². The first-order chi connectivity index (χ1) is 15.8. The van der Waals surface area contributed by atoms with E-state index in [2.05, 4.69) is 41.3 Å². The molecular formula is C27H30FNO2S. The first kappa shape index (κ1) is 22.8. The Kier molecular flexibility index (Phi) is 8.60. The molecule has 1 heterocycles. The van der Waals surface area contributed by atoms with Gasteiger partial charge in [-0.3, -0.25) is 4.90 Å². The summed E-state index contributed by atoms with van der Waals surface area (Å²) in [6.45, 7) is 5.26. The number of aryl methyl sites for hydroxylation is 1. The van der Waals surface area contributed by atoms with Crippen LogP contribution < -0.4 is 4.74 Å². The molecule has 1 fully saturated rings. The fraction of sp³-hybridized carbons (Fsp3) is 0.333. The third-order valence-corrected chi connectivity index (χ3v) is 6.64. The molecule has 0 spiro atoms. The molecule has 0 unspecified atom stereocenters. The summed E-state index contributed by atoms with van der Waals surface area (Å²) in [6.07, 6.45) is 0.890. The predicted molar refractivity (Wildman–Crippen MR) is 131 cm³/mol. The highest BCUT2D eigenvalue weighted by atomic mass is 32.2. The molecule has 0 radical (unpaired) electrons. The van der Waals surface area contributed by atoms with Crippen molar-refractivity contribution in [2.75, 3.05) is 45.2 Å². The number of hydrogen-bond acceptors (Lipinski definition) is 4. The maximum absolute atomic E-state index is 13.2.